The van der Waals surface area contributed by atoms with Gasteiger partial charge in [0, 0.05) is 17.5 Å². The molecule has 0 aliphatic carbocycles. The molecule has 1 aromatic carbocycles. The second-order valence-corrected chi connectivity index (χ2v) is 8.00. The van der Waals surface area contributed by atoms with Gasteiger partial charge in [-0.25, -0.2) is 23.0 Å². The number of carboxylic acid groups (broad SMARTS) is 1. The van der Waals surface area contributed by atoms with Crippen molar-refractivity contribution in [3.05, 3.63) is 59.9 Å². The Bertz CT molecular complexity index is 1180. The molecule has 0 atom stereocenters. The van der Waals surface area contributed by atoms with Gasteiger partial charge in [0.25, 0.3) is 0 Å². The number of ether oxygens (including phenoxy) is 2. The number of carboxylic acids is 1. The molecule has 0 saturated heterocycles. The molecular formula is C19H16N2O7S. The number of aromatic nitrogens is 2. The highest BCUT2D eigenvalue weighted by Crippen LogP contribution is 2.29. The fourth-order valence-electron chi connectivity index (χ4n) is 2.52. The monoisotopic (exact) mass is 416 g/mol. The van der Waals surface area contributed by atoms with E-state index in [-0.39, 0.29) is 27.8 Å². The van der Waals surface area contributed by atoms with Crippen LogP contribution in [0, 0.1) is 0 Å². The van der Waals surface area contributed by atoms with Crippen molar-refractivity contribution in [2.24, 2.45) is 0 Å². The number of pyridine rings is 1. The van der Waals surface area contributed by atoms with Crippen molar-refractivity contribution in [3.8, 4) is 22.8 Å². The summed E-state index contributed by atoms with van der Waals surface area (Å²) in [5.41, 5.74) is 1.14. The lowest BCUT2D eigenvalue weighted by Gasteiger charge is -2.10. The van der Waals surface area contributed by atoms with Crippen LogP contribution in [0.4, 0.5) is 0 Å². The molecule has 2 heterocycles. The lowest BCUT2D eigenvalue weighted by atomic mass is 10.1. The molecule has 0 aliphatic heterocycles. The predicted molar refractivity (Wildman–Crippen MR) is 102 cm³/mol. The lowest BCUT2D eigenvalue weighted by molar-refractivity contribution is 0.0599. The predicted octanol–water partition coefficient (Wildman–Crippen LogP) is 2.76. The topological polar surface area (TPSA) is 136 Å². The minimum atomic E-state index is -3.44. The van der Waals surface area contributed by atoms with E-state index >= 15 is 0 Å². The maximum Gasteiger partial charge on any atom is 0.352 e. The first-order chi connectivity index (χ1) is 13.7. The number of carbonyl (C=O) groups is 2. The van der Waals surface area contributed by atoms with Crippen molar-refractivity contribution >= 4 is 21.8 Å². The van der Waals surface area contributed by atoms with Crippen LogP contribution in [0.5, 0.6) is 11.5 Å². The molecule has 3 rings (SSSR count). The molecule has 3 aromatic rings. The van der Waals surface area contributed by atoms with Crippen LogP contribution in [0.15, 0.2) is 53.7 Å². The summed E-state index contributed by atoms with van der Waals surface area (Å²) in [6.07, 6.45) is 2.29. The molecule has 0 saturated carbocycles. The summed E-state index contributed by atoms with van der Waals surface area (Å²) in [5.74, 6) is -1.22. The Labute approximate surface area is 165 Å². The Balaban J connectivity index is 1.99. The van der Waals surface area contributed by atoms with E-state index in [4.69, 9.17) is 14.6 Å². The van der Waals surface area contributed by atoms with Crippen molar-refractivity contribution < 1.29 is 32.6 Å². The van der Waals surface area contributed by atoms with Gasteiger partial charge in [-0.3, -0.25) is 0 Å². The Kier molecular flexibility index (Phi) is 5.37. The van der Waals surface area contributed by atoms with Crippen molar-refractivity contribution in [1.29, 1.82) is 0 Å². The third-order valence-corrected chi connectivity index (χ3v) is 4.88. The number of aromatic amines is 1. The molecule has 29 heavy (non-hydrogen) atoms. The van der Waals surface area contributed by atoms with E-state index in [9.17, 15) is 18.0 Å². The van der Waals surface area contributed by atoms with E-state index in [2.05, 4.69) is 9.97 Å². The second kappa shape index (κ2) is 7.76. The van der Waals surface area contributed by atoms with Gasteiger partial charge in [-0.1, -0.05) is 0 Å². The molecule has 9 nitrogen and oxygen atoms in total. The first-order valence-corrected chi connectivity index (χ1v) is 10.1. The summed E-state index contributed by atoms with van der Waals surface area (Å²) in [7, 11) is -2.20. The summed E-state index contributed by atoms with van der Waals surface area (Å²) in [5, 5.41) is 8.98. The third kappa shape index (κ3) is 4.61. The molecule has 0 radical (unpaired) electrons. The summed E-state index contributed by atoms with van der Waals surface area (Å²) in [6.45, 7) is 0. The number of nitrogens with one attached hydrogen (secondary N) is 1. The third-order valence-electron chi connectivity index (χ3n) is 3.88. The van der Waals surface area contributed by atoms with Gasteiger partial charge < -0.3 is 19.6 Å². The molecule has 0 amide bonds. The fourth-order valence-corrected chi connectivity index (χ4v) is 3.08. The maximum atomic E-state index is 12.0. The molecule has 2 N–H and O–H groups in total. The zero-order chi connectivity index (χ0) is 21.2. The number of nitrogens with zero attached hydrogens (tertiary/aromatic N) is 1. The Morgan fingerprint density at radius 1 is 1.07 bits per heavy atom. The SMILES string of the molecule is COC(=O)c1cc(Oc2ccc(S(C)(=O)=O)nc2)cc(-c2ccc(C(=O)O)[nH]2)c1. The van der Waals surface area contributed by atoms with Gasteiger partial charge >= 0.3 is 11.9 Å². The maximum absolute atomic E-state index is 12.0. The highest BCUT2D eigenvalue weighted by Gasteiger charge is 2.14. The zero-order valence-electron chi connectivity index (χ0n) is 15.4. The van der Waals surface area contributed by atoms with Crippen molar-refractivity contribution in [1.82, 2.24) is 9.97 Å². The van der Waals surface area contributed by atoms with Crippen LogP contribution < -0.4 is 4.74 Å². The molecule has 0 aliphatic rings. The van der Waals surface area contributed by atoms with E-state index < -0.39 is 21.8 Å². The number of H-pyrrole nitrogens is 1. The largest absolute Gasteiger partial charge is 0.477 e. The molecule has 0 fully saturated rings. The van der Waals surface area contributed by atoms with Crippen LogP contribution in [-0.4, -0.2) is 48.8 Å². The number of aromatic carboxylic acids is 1. The normalized spacial score (nSPS) is 11.1. The van der Waals surface area contributed by atoms with E-state index in [0.29, 0.717) is 11.3 Å². The second-order valence-electron chi connectivity index (χ2n) is 6.03. The number of sulfone groups is 1. The number of esters is 1. The Morgan fingerprint density at radius 2 is 1.83 bits per heavy atom. The number of hydrogen-bond donors (Lipinski definition) is 2. The molecule has 0 spiro atoms. The van der Waals surface area contributed by atoms with Crippen LogP contribution in [0.1, 0.15) is 20.8 Å². The van der Waals surface area contributed by atoms with E-state index in [1.165, 1.54) is 43.6 Å². The number of carbonyl (C=O) groups excluding carboxylic acids is 1. The van der Waals surface area contributed by atoms with Gasteiger partial charge in [0.1, 0.15) is 17.2 Å². The summed E-state index contributed by atoms with van der Waals surface area (Å²) < 4.78 is 33.5. The van der Waals surface area contributed by atoms with Gasteiger partial charge in [-0.05, 0) is 42.5 Å². The molecule has 2 aromatic heterocycles. The smallest absolute Gasteiger partial charge is 0.352 e. The van der Waals surface area contributed by atoms with Crippen molar-refractivity contribution in [2.45, 2.75) is 5.03 Å². The van der Waals surface area contributed by atoms with E-state index in [1.54, 1.807) is 12.1 Å². The van der Waals surface area contributed by atoms with Gasteiger partial charge in [-0.2, -0.15) is 0 Å². The minimum Gasteiger partial charge on any atom is -0.477 e. The molecule has 150 valence electrons. The number of benzene rings is 1. The van der Waals surface area contributed by atoms with E-state index in [1.807, 2.05) is 0 Å². The summed E-state index contributed by atoms with van der Waals surface area (Å²) >= 11 is 0. The van der Waals surface area contributed by atoms with Crippen LogP contribution in [0.2, 0.25) is 0 Å². The fraction of sp³-hybridized carbons (Fsp3) is 0.105. The highest BCUT2D eigenvalue weighted by atomic mass is 32.2. The van der Waals surface area contributed by atoms with Gasteiger partial charge in [-0.15, -0.1) is 0 Å². The first-order valence-electron chi connectivity index (χ1n) is 8.17. The molecule has 10 heteroatoms. The molecular weight excluding hydrogens is 400 g/mol. The zero-order valence-corrected chi connectivity index (χ0v) is 16.2. The Hall–Kier alpha value is -3.66. The number of hydrogen-bond acceptors (Lipinski definition) is 7. The van der Waals surface area contributed by atoms with Crippen molar-refractivity contribution in [3.63, 3.8) is 0 Å². The minimum absolute atomic E-state index is 0.00787. The van der Waals surface area contributed by atoms with Crippen LogP contribution >= 0.6 is 0 Å². The van der Waals surface area contributed by atoms with Crippen LogP contribution in [-0.2, 0) is 14.6 Å². The number of methoxy groups -OCH3 is 1. The average molecular weight is 416 g/mol. The molecule has 0 unspecified atom stereocenters. The lowest BCUT2D eigenvalue weighted by Crippen LogP contribution is -2.02. The standard InChI is InChI=1S/C19H16N2O7S/c1-27-19(24)12-7-11(15-4-5-16(21-15)18(22)23)8-14(9-12)28-13-3-6-17(20-10-13)29(2,25)26/h3-10,21H,1-2H3,(H,22,23). The summed E-state index contributed by atoms with van der Waals surface area (Å²) in [6, 6.07) is 10.3. The van der Waals surface area contributed by atoms with Crippen molar-refractivity contribution in [2.75, 3.05) is 13.4 Å². The summed E-state index contributed by atoms with van der Waals surface area (Å²) in [4.78, 5) is 29.7. The molecule has 0 bridgehead atoms. The van der Waals surface area contributed by atoms with E-state index in [0.717, 1.165) is 6.26 Å². The number of rotatable bonds is 6. The Morgan fingerprint density at radius 3 is 2.38 bits per heavy atom. The average Bonchev–Trinajstić information content (AvgIpc) is 3.17. The van der Waals surface area contributed by atoms with Gasteiger partial charge in [0.15, 0.2) is 14.9 Å². The quantitative estimate of drug-likeness (QED) is 0.586. The van der Waals surface area contributed by atoms with Gasteiger partial charge in [0.2, 0.25) is 0 Å². The van der Waals surface area contributed by atoms with Crippen LogP contribution in [0.25, 0.3) is 11.3 Å². The first kappa shape index (κ1) is 20.1. The highest BCUT2D eigenvalue weighted by molar-refractivity contribution is 7.90. The van der Waals surface area contributed by atoms with Gasteiger partial charge in [0.05, 0.1) is 18.9 Å². The van der Waals surface area contributed by atoms with Crippen LogP contribution in [0.3, 0.4) is 0 Å².